The zero-order chi connectivity index (χ0) is 22.0. The van der Waals surface area contributed by atoms with Gasteiger partial charge in [0.05, 0.1) is 11.7 Å². The standard InChI is InChI=1S/C21H27F2N5O3/c22-13-3-5-17(16(23)9-13)26-21(31)25-14-10-18-20(30)24-11-15(28(18)12-14)4-6-19(29)27-7-1-2-8-27/h3,5,9,14-15,18H,1-2,4,6-8,10-12H2,(H,24,30)(H2,25,26,31). The van der Waals surface area contributed by atoms with Crippen molar-refractivity contribution in [3.8, 4) is 0 Å². The van der Waals surface area contributed by atoms with E-state index in [0.717, 1.165) is 38.1 Å². The summed E-state index contributed by atoms with van der Waals surface area (Å²) in [6, 6.07) is 1.66. The average molecular weight is 435 g/mol. The van der Waals surface area contributed by atoms with E-state index >= 15 is 0 Å². The molecule has 0 spiro atoms. The van der Waals surface area contributed by atoms with Gasteiger partial charge < -0.3 is 20.9 Å². The molecule has 1 aromatic carbocycles. The third-order valence-electron chi connectivity index (χ3n) is 6.29. The molecule has 3 unspecified atom stereocenters. The molecular formula is C21H27F2N5O3. The number of nitrogens with one attached hydrogen (secondary N) is 3. The number of anilines is 1. The highest BCUT2D eigenvalue weighted by atomic mass is 19.1. The van der Waals surface area contributed by atoms with Crippen molar-refractivity contribution in [2.75, 3.05) is 31.5 Å². The highest BCUT2D eigenvalue weighted by Crippen LogP contribution is 2.26. The molecule has 3 saturated heterocycles. The predicted molar refractivity (Wildman–Crippen MR) is 109 cm³/mol. The van der Waals surface area contributed by atoms with E-state index in [4.69, 9.17) is 0 Å². The van der Waals surface area contributed by atoms with Crippen molar-refractivity contribution >= 4 is 23.5 Å². The third-order valence-corrected chi connectivity index (χ3v) is 6.29. The number of hydrogen-bond donors (Lipinski definition) is 3. The van der Waals surface area contributed by atoms with Crippen LogP contribution in [-0.2, 0) is 9.59 Å². The van der Waals surface area contributed by atoms with E-state index in [9.17, 15) is 23.2 Å². The van der Waals surface area contributed by atoms with Gasteiger partial charge in [-0.15, -0.1) is 0 Å². The van der Waals surface area contributed by atoms with Crippen LogP contribution < -0.4 is 16.0 Å². The Labute approximate surface area is 179 Å². The van der Waals surface area contributed by atoms with Gasteiger partial charge in [0.15, 0.2) is 0 Å². The summed E-state index contributed by atoms with van der Waals surface area (Å²) in [6.45, 7) is 2.59. The highest BCUT2D eigenvalue weighted by Gasteiger charge is 2.43. The number of hydrogen-bond acceptors (Lipinski definition) is 4. The summed E-state index contributed by atoms with van der Waals surface area (Å²) in [7, 11) is 0. The summed E-state index contributed by atoms with van der Waals surface area (Å²) in [6.07, 6.45) is 3.62. The van der Waals surface area contributed by atoms with Gasteiger partial charge in [-0.05, 0) is 37.8 Å². The molecule has 3 N–H and O–H groups in total. The van der Waals surface area contributed by atoms with Gasteiger partial charge in [0.1, 0.15) is 11.6 Å². The quantitative estimate of drug-likeness (QED) is 0.652. The van der Waals surface area contributed by atoms with Crippen LogP contribution in [0.2, 0.25) is 0 Å². The van der Waals surface area contributed by atoms with Crippen molar-refractivity contribution in [3.05, 3.63) is 29.8 Å². The van der Waals surface area contributed by atoms with Crippen molar-refractivity contribution in [2.45, 2.75) is 50.2 Å². The minimum Gasteiger partial charge on any atom is -0.353 e. The number of likely N-dealkylation sites (tertiary alicyclic amines) is 1. The number of fused-ring (bicyclic) bond motifs is 1. The van der Waals surface area contributed by atoms with Crippen molar-refractivity contribution in [1.29, 1.82) is 0 Å². The Morgan fingerprint density at radius 1 is 1.19 bits per heavy atom. The molecule has 0 saturated carbocycles. The van der Waals surface area contributed by atoms with Crippen LogP contribution in [0.3, 0.4) is 0 Å². The minimum absolute atomic E-state index is 0.0265. The molecule has 0 aliphatic carbocycles. The third kappa shape index (κ3) is 4.95. The first-order valence-electron chi connectivity index (χ1n) is 10.7. The second-order valence-electron chi connectivity index (χ2n) is 8.39. The Morgan fingerprint density at radius 2 is 1.97 bits per heavy atom. The summed E-state index contributed by atoms with van der Waals surface area (Å²) < 4.78 is 26.8. The van der Waals surface area contributed by atoms with E-state index in [1.54, 1.807) is 0 Å². The van der Waals surface area contributed by atoms with Crippen molar-refractivity contribution in [2.24, 2.45) is 0 Å². The molecule has 168 valence electrons. The molecule has 3 aliphatic rings. The molecule has 3 heterocycles. The number of rotatable bonds is 5. The Bertz CT molecular complexity index is 861. The molecule has 3 fully saturated rings. The number of piperazine rings is 1. The zero-order valence-corrected chi connectivity index (χ0v) is 17.2. The average Bonchev–Trinajstić information content (AvgIpc) is 3.40. The van der Waals surface area contributed by atoms with E-state index in [1.807, 2.05) is 4.90 Å². The maximum absolute atomic E-state index is 13.8. The lowest BCUT2D eigenvalue weighted by molar-refractivity contribution is -0.131. The summed E-state index contributed by atoms with van der Waals surface area (Å²) in [5, 5.41) is 8.05. The van der Waals surface area contributed by atoms with Crippen LogP contribution in [0.1, 0.15) is 32.1 Å². The van der Waals surface area contributed by atoms with Gasteiger partial charge >= 0.3 is 6.03 Å². The second-order valence-corrected chi connectivity index (χ2v) is 8.39. The number of halogens is 2. The van der Waals surface area contributed by atoms with Gasteiger partial charge in [-0.25, -0.2) is 13.6 Å². The predicted octanol–water partition coefficient (Wildman–Crippen LogP) is 1.43. The SMILES string of the molecule is O=C(Nc1ccc(F)cc1F)NC1CC2C(=O)NCC(CCC(=O)N3CCCC3)N2C1. The number of benzene rings is 1. The van der Waals surface area contributed by atoms with Crippen molar-refractivity contribution in [3.63, 3.8) is 0 Å². The van der Waals surface area contributed by atoms with E-state index in [1.165, 1.54) is 0 Å². The lowest BCUT2D eigenvalue weighted by atomic mass is 10.0. The Morgan fingerprint density at radius 3 is 2.71 bits per heavy atom. The summed E-state index contributed by atoms with van der Waals surface area (Å²) >= 11 is 0. The Hall–Kier alpha value is -2.75. The number of amides is 4. The molecule has 31 heavy (non-hydrogen) atoms. The van der Waals surface area contributed by atoms with Crippen LogP contribution in [0.25, 0.3) is 0 Å². The van der Waals surface area contributed by atoms with Gasteiger partial charge in [-0.2, -0.15) is 0 Å². The van der Waals surface area contributed by atoms with Gasteiger partial charge in [0.25, 0.3) is 0 Å². The second kappa shape index (κ2) is 9.17. The molecule has 8 nitrogen and oxygen atoms in total. The topological polar surface area (TPSA) is 93.8 Å². The number of urea groups is 1. The molecule has 3 atom stereocenters. The lowest BCUT2D eigenvalue weighted by Gasteiger charge is -2.37. The molecule has 10 heteroatoms. The summed E-state index contributed by atoms with van der Waals surface area (Å²) in [5.41, 5.74) is -0.120. The first-order chi connectivity index (χ1) is 14.9. The van der Waals surface area contributed by atoms with E-state index in [0.29, 0.717) is 38.4 Å². The molecule has 0 bridgehead atoms. The molecule has 0 radical (unpaired) electrons. The fourth-order valence-corrected chi connectivity index (χ4v) is 4.70. The minimum atomic E-state index is -0.860. The number of carbonyl (C=O) groups excluding carboxylic acids is 3. The van der Waals surface area contributed by atoms with Gasteiger partial charge in [0.2, 0.25) is 11.8 Å². The molecule has 0 aromatic heterocycles. The smallest absolute Gasteiger partial charge is 0.319 e. The summed E-state index contributed by atoms with van der Waals surface area (Å²) in [5.74, 6) is -1.52. The first kappa shape index (κ1) is 21.5. The fourth-order valence-electron chi connectivity index (χ4n) is 4.70. The Balaban J connectivity index is 1.31. The van der Waals surface area contributed by atoms with E-state index in [2.05, 4.69) is 20.9 Å². The Kier molecular flexibility index (Phi) is 6.35. The van der Waals surface area contributed by atoms with Gasteiger partial charge in [0, 0.05) is 50.7 Å². The van der Waals surface area contributed by atoms with Crippen LogP contribution in [0.15, 0.2) is 18.2 Å². The van der Waals surface area contributed by atoms with E-state index in [-0.39, 0.29) is 35.6 Å². The van der Waals surface area contributed by atoms with Crippen LogP contribution >= 0.6 is 0 Å². The zero-order valence-electron chi connectivity index (χ0n) is 17.2. The number of carbonyl (C=O) groups is 3. The molecule has 3 aliphatic heterocycles. The molecule has 4 rings (SSSR count). The van der Waals surface area contributed by atoms with Gasteiger partial charge in [-0.1, -0.05) is 0 Å². The maximum Gasteiger partial charge on any atom is 0.319 e. The monoisotopic (exact) mass is 435 g/mol. The van der Waals surface area contributed by atoms with Crippen LogP contribution in [-0.4, -0.2) is 71.9 Å². The van der Waals surface area contributed by atoms with Crippen LogP contribution in [0.4, 0.5) is 19.3 Å². The van der Waals surface area contributed by atoms with Gasteiger partial charge in [-0.3, -0.25) is 14.5 Å². The molecular weight excluding hydrogens is 408 g/mol. The maximum atomic E-state index is 13.8. The normalized spacial score (nSPS) is 25.8. The fraction of sp³-hybridized carbons (Fsp3) is 0.571. The van der Waals surface area contributed by atoms with Crippen LogP contribution in [0.5, 0.6) is 0 Å². The van der Waals surface area contributed by atoms with Crippen molar-refractivity contribution in [1.82, 2.24) is 20.4 Å². The van der Waals surface area contributed by atoms with Crippen molar-refractivity contribution < 1.29 is 23.2 Å². The first-order valence-corrected chi connectivity index (χ1v) is 10.7. The number of nitrogens with zero attached hydrogens (tertiary/aromatic N) is 2. The summed E-state index contributed by atoms with van der Waals surface area (Å²) in [4.78, 5) is 40.9. The van der Waals surface area contributed by atoms with E-state index < -0.39 is 17.7 Å². The lowest BCUT2D eigenvalue weighted by Crippen LogP contribution is -2.58. The molecule has 4 amide bonds. The van der Waals surface area contributed by atoms with Crippen LogP contribution in [0, 0.1) is 11.6 Å². The molecule has 1 aromatic rings. The highest BCUT2D eigenvalue weighted by molar-refractivity contribution is 5.90. The largest absolute Gasteiger partial charge is 0.353 e.